The minimum Gasteiger partial charge on any atom is -0.488 e. The number of aromatic nitrogens is 1. The summed E-state index contributed by atoms with van der Waals surface area (Å²) >= 11 is 0. The van der Waals surface area contributed by atoms with E-state index >= 15 is 0 Å². The molecule has 144 valence electrons. The summed E-state index contributed by atoms with van der Waals surface area (Å²) in [5, 5.41) is 0. The van der Waals surface area contributed by atoms with Gasteiger partial charge in [-0.15, -0.1) is 0 Å². The summed E-state index contributed by atoms with van der Waals surface area (Å²) in [6, 6.07) is 13.7. The van der Waals surface area contributed by atoms with E-state index in [0.717, 1.165) is 11.6 Å². The molecule has 0 aliphatic rings. The van der Waals surface area contributed by atoms with Gasteiger partial charge in [-0.2, -0.15) is 13.2 Å². The van der Waals surface area contributed by atoms with Crippen LogP contribution in [-0.4, -0.2) is 10.9 Å². The number of nitrogens with zero attached hydrogens (tertiary/aromatic N) is 1. The number of anilines is 1. The summed E-state index contributed by atoms with van der Waals surface area (Å²) in [5.41, 5.74) is 10.9. The van der Waals surface area contributed by atoms with Crippen molar-refractivity contribution in [2.45, 2.75) is 12.8 Å². The Hall–Kier alpha value is -3.55. The normalized spacial score (nSPS) is 11.2. The Morgan fingerprint density at radius 2 is 1.79 bits per heavy atom. The molecule has 3 rings (SSSR count). The number of pyridine rings is 1. The van der Waals surface area contributed by atoms with Crippen LogP contribution in [0.4, 0.5) is 18.9 Å². The number of alkyl halides is 3. The fraction of sp³-hybridized carbons (Fsp3) is 0.100. The summed E-state index contributed by atoms with van der Waals surface area (Å²) in [7, 11) is 0. The number of nitrogens with two attached hydrogens (primary N) is 2. The van der Waals surface area contributed by atoms with Crippen LogP contribution in [0, 0.1) is 0 Å². The number of halogens is 3. The van der Waals surface area contributed by atoms with E-state index in [1.54, 1.807) is 30.3 Å². The molecule has 0 fully saturated rings. The lowest BCUT2D eigenvalue weighted by Crippen LogP contribution is -2.14. The first-order valence-electron chi connectivity index (χ1n) is 8.20. The Labute approximate surface area is 158 Å². The van der Waals surface area contributed by atoms with Gasteiger partial charge in [-0.1, -0.05) is 30.3 Å². The predicted octanol–water partition coefficient (Wildman–Crippen LogP) is 4.03. The van der Waals surface area contributed by atoms with Crippen LogP contribution in [0.5, 0.6) is 5.75 Å². The average Bonchev–Trinajstić information content (AvgIpc) is 2.66. The van der Waals surface area contributed by atoms with E-state index in [1.807, 2.05) is 0 Å². The van der Waals surface area contributed by atoms with Crippen molar-refractivity contribution >= 4 is 11.6 Å². The van der Waals surface area contributed by atoms with E-state index < -0.39 is 17.6 Å². The van der Waals surface area contributed by atoms with Gasteiger partial charge in [0.2, 0.25) is 0 Å². The summed E-state index contributed by atoms with van der Waals surface area (Å²) < 4.78 is 46.1. The molecule has 0 saturated carbocycles. The van der Waals surface area contributed by atoms with E-state index in [2.05, 4.69) is 4.98 Å². The Balaban J connectivity index is 2.00. The highest BCUT2D eigenvalue weighted by molar-refractivity contribution is 6.00. The first-order chi connectivity index (χ1) is 13.3. The van der Waals surface area contributed by atoms with Crippen LogP contribution in [0.1, 0.15) is 21.5 Å². The molecule has 0 aliphatic heterocycles. The maximum Gasteiger partial charge on any atom is 0.419 e. The van der Waals surface area contributed by atoms with E-state index in [4.69, 9.17) is 16.2 Å². The SMILES string of the molecule is NC(=O)c1ccnc(-c2ccc(OCc3ccccc3)c(C(F)(F)F)c2)c1N. The van der Waals surface area contributed by atoms with E-state index in [1.165, 1.54) is 24.4 Å². The molecular formula is C20H16F3N3O2. The molecule has 3 aromatic rings. The summed E-state index contributed by atoms with van der Waals surface area (Å²) in [4.78, 5) is 15.4. The van der Waals surface area contributed by atoms with Gasteiger partial charge in [0.05, 0.1) is 22.5 Å². The fourth-order valence-corrected chi connectivity index (χ4v) is 2.68. The van der Waals surface area contributed by atoms with Crippen molar-refractivity contribution in [2.75, 3.05) is 5.73 Å². The number of benzene rings is 2. The zero-order valence-corrected chi connectivity index (χ0v) is 14.5. The quantitative estimate of drug-likeness (QED) is 0.692. The number of nitrogen functional groups attached to an aromatic ring is 1. The van der Waals surface area contributed by atoms with E-state index in [9.17, 15) is 18.0 Å². The Morgan fingerprint density at radius 3 is 2.43 bits per heavy atom. The van der Waals surface area contributed by atoms with E-state index in [0.29, 0.717) is 0 Å². The molecule has 0 spiro atoms. The lowest BCUT2D eigenvalue weighted by molar-refractivity contribution is -0.139. The van der Waals surface area contributed by atoms with Crippen LogP contribution in [0.3, 0.4) is 0 Å². The highest BCUT2D eigenvalue weighted by Crippen LogP contribution is 2.39. The van der Waals surface area contributed by atoms with Crippen molar-refractivity contribution in [1.82, 2.24) is 4.98 Å². The zero-order chi connectivity index (χ0) is 20.3. The second kappa shape index (κ2) is 7.59. The van der Waals surface area contributed by atoms with Gasteiger partial charge in [-0.3, -0.25) is 9.78 Å². The number of carbonyl (C=O) groups is 1. The smallest absolute Gasteiger partial charge is 0.419 e. The number of hydrogen-bond donors (Lipinski definition) is 2. The van der Waals surface area contributed by atoms with Crippen LogP contribution in [0.2, 0.25) is 0 Å². The van der Waals surface area contributed by atoms with Crippen LogP contribution < -0.4 is 16.2 Å². The lowest BCUT2D eigenvalue weighted by atomic mass is 10.0. The number of hydrogen-bond acceptors (Lipinski definition) is 4. The molecule has 0 aliphatic carbocycles. The fourth-order valence-electron chi connectivity index (χ4n) is 2.68. The number of amides is 1. The molecule has 0 bridgehead atoms. The predicted molar refractivity (Wildman–Crippen MR) is 98.4 cm³/mol. The summed E-state index contributed by atoms with van der Waals surface area (Å²) in [6.07, 6.45) is -3.39. The topological polar surface area (TPSA) is 91.2 Å². The van der Waals surface area contributed by atoms with Gasteiger partial charge in [0.15, 0.2) is 0 Å². The average molecular weight is 387 g/mol. The van der Waals surface area contributed by atoms with Crippen molar-refractivity contribution in [1.29, 1.82) is 0 Å². The van der Waals surface area contributed by atoms with Gasteiger partial charge in [0.25, 0.3) is 5.91 Å². The summed E-state index contributed by atoms with van der Waals surface area (Å²) in [6.45, 7) is -0.0131. The van der Waals surface area contributed by atoms with Gasteiger partial charge >= 0.3 is 6.18 Å². The molecular weight excluding hydrogens is 371 g/mol. The molecule has 8 heteroatoms. The Bertz CT molecular complexity index is 1010. The van der Waals surface area contributed by atoms with Crippen LogP contribution in [-0.2, 0) is 12.8 Å². The maximum absolute atomic E-state index is 13.6. The maximum atomic E-state index is 13.6. The highest BCUT2D eigenvalue weighted by atomic mass is 19.4. The minimum absolute atomic E-state index is 0.0111. The Morgan fingerprint density at radius 1 is 1.07 bits per heavy atom. The molecule has 2 aromatic carbocycles. The van der Waals surface area contributed by atoms with E-state index in [-0.39, 0.29) is 34.9 Å². The number of ether oxygens (including phenoxy) is 1. The van der Waals surface area contributed by atoms with Crippen molar-refractivity contribution < 1.29 is 22.7 Å². The minimum atomic E-state index is -4.65. The molecule has 1 aromatic heterocycles. The molecule has 0 radical (unpaired) electrons. The second-order valence-corrected chi connectivity index (χ2v) is 5.97. The van der Waals surface area contributed by atoms with Crippen LogP contribution >= 0.6 is 0 Å². The molecule has 28 heavy (non-hydrogen) atoms. The molecule has 1 heterocycles. The molecule has 0 unspecified atom stereocenters. The monoisotopic (exact) mass is 387 g/mol. The zero-order valence-electron chi connectivity index (χ0n) is 14.5. The standard InChI is InChI=1S/C20H16F3N3O2/c21-20(22,23)15-10-13(18-17(24)14(19(25)27)8-9-26-18)6-7-16(15)28-11-12-4-2-1-3-5-12/h1-10H,11,24H2,(H2,25,27). The summed E-state index contributed by atoms with van der Waals surface area (Å²) in [5.74, 6) is -1.11. The van der Waals surface area contributed by atoms with Crippen LogP contribution in [0.15, 0.2) is 60.8 Å². The molecule has 0 atom stereocenters. The second-order valence-electron chi connectivity index (χ2n) is 5.97. The third kappa shape index (κ3) is 4.06. The van der Waals surface area contributed by atoms with Gasteiger partial charge in [0.1, 0.15) is 12.4 Å². The van der Waals surface area contributed by atoms with Crippen molar-refractivity contribution in [2.24, 2.45) is 5.73 Å². The number of carbonyl (C=O) groups excluding carboxylic acids is 1. The van der Waals surface area contributed by atoms with Gasteiger partial charge in [-0.25, -0.2) is 0 Å². The highest BCUT2D eigenvalue weighted by Gasteiger charge is 2.35. The largest absolute Gasteiger partial charge is 0.488 e. The molecule has 4 N–H and O–H groups in total. The van der Waals surface area contributed by atoms with Crippen molar-refractivity contribution in [3.05, 3.63) is 77.5 Å². The van der Waals surface area contributed by atoms with Gasteiger partial charge in [0, 0.05) is 11.8 Å². The molecule has 0 saturated heterocycles. The molecule has 1 amide bonds. The first-order valence-corrected chi connectivity index (χ1v) is 8.20. The van der Waals surface area contributed by atoms with Gasteiger partial charge < -0.3 is 16.2 Å². The van der Waals surface area contributed by atoms with Crippen molar-refractivity contribution in [3.63, 3.8) is 0 Å². The third-order valence-electron chi connectivity index (χ3n) is 4.05. The number of primary amides is 1. The van der Waals surface area contributed by atoms with Crippen molar-refractivity contribution in [3.8, 4) is 17.0 Å². The Kier molecular flexibility index (Phi) is 5.21. The third-order valence-corrected chi connectivity index (χ3v) is 4.05. The van der Waals surface area contributed by atoms with Gasteiger partial charge in [-0.05, 0) is 29.8 Å². The number of rotatable bonds is 5. The van der Waals surface area contributed by atoms with Crippen LogP contribution in [0.25, 0.3) is 11.3 Å². The first kappa shape index (κ1) is 19.2. The molecule has 5 nitrogen and oxygen atoms in total. The lowest BCUT2D eigenvalue weighted by Gasteiger charge is -2.16.